The Balaban J connectivity index is 1.69. The number of halogens is 1. The van der Waals surface area contributed by atoms with Crippen molar-refractivity contribution in [2.24, 2.45) is 5.92 Å². The van der Waals surface area contributed by atoms with Gasteiger partial charge in [0.25, 0.3) is 0 Å². The predicted octanol–water partition coefficient (Wildman–Crippen LogP) is 3.52. The lowest BCUT2D eigenvalue weighted by Crippen LogP contribution is -2.39. The molecular weight excluding hydrogens is 406 g/mol. The maximum Gasteiger partial charge on any atom is 0.243 e. The third-order valence-electron chi connectivity index (χ3n) is 5.10. The van der Waals surface area contributed by atoms with Crippen molar-refractivity contribution in [3.63, 3.8) is 0 Å². The summed E-state index contributed by atoms with van der Waals surface area (Å²) >= 11 is 11.4. The van der Waals surface area contributed by atoms with Gasteiger partial charge in [0.05, 0.1) is 15.6 Å². The van der Waals surface area contributed by atoms with Crippen LogP contribution < -0.4 is 10.6 Å². The molecule has 1 aliphatic heterocycles. The Morgan fingerprint density at radius 2 is 1.78 bits per heavy atom. The molecule has 0 atom stereocenters. The molecule has 0 unspecified atom stereocenters. The smallest absolute Gasteiger partial charge is 0.243 e. The standard InChI is InChI=1S/C18H24ClN3O3S2/c19-15-9-8-14(27(24,25)22-10-4-5-11-22)12-16(15)20-18(26)21-17(23)13-6-2-1-3-7-13/h8-9,12-13H,1-7,10-11H2,(H2,20,21,23,26). The second-order valence-electron chi connectivity index (χ2n) is 7.03. The number of rotatable bonds is 4. The van der Waals surface area contributed by atoms with Crippen molar-refractivity contribution in [3.05, 3.63) is 23.2 Å². The number of carbonyl (C=O) groups is 1. The zero-order valence-corrected chi connectivity index (χ0v) is 17.4. The van der Waals surface area contributed by atoms with Crippen LogP contribution >= 0.6 is 23.8 Å². The van der Waals surface area contributed by atoms with Crippen LogP contribution in [-0.2, 0) is 14.8 Å². The van der Waals surface area contributed by atoms with E-state index in [-0.39, 0.29) is 21.8 Å². The summed E-state index contributed by atoms with van der Waals surface area (Å²) in [6, 6.07) is 4.48. The van der Waals surface area contributed by atoms with E-state index in [1.165, 1.54) is 28.9 Å². The number of benzene rings is 1. The van der Waals surface area contributed by atoms with E-state index in [0.717, 1.165) is 38.5 Å². The first-order chi connectivity index (χ1) is 12.9. The number of nitrogens with one attached hydrogen (secondary N) is 2. The molecule has 1 heterocycles. The summed E-state index contributed by atoms with van der Waals surface area (Å²) < 4.78 is 26.9. The maximum absolute atomic E-state index is 12.7. The van der Waals surface area contributed by atoms with Crippen LogP contribution in [0.5, 0.6) is 0 Å². The Hall–Kier alpha value is -1.22. The quantitative estimate of drug-likeness (QED) is 0.716. The molecule has 0 bridgehead atoms. The Morgan fingerprint density at radius 1 is 1.11 bits per heavy atom. The molecule has 1 aliphatic carbocycles. The molecule has 1 saturated carbocycles. The van der Waals surface area contributed by atoms with E-state index in [4.69, 9.17) is 23.8 Å². The first kappa shape index (κ1) is 20.5. The van der Waals surface area contributed by atoms with Gasteiger partial charge in [-0.15, -0.1) is 0 Å². The van der Waals surface area contributed by atoms with Crippen LogP contribution in [0.4, 0.5) is 5.69 Å². The topological polar surface area (TPSA) is 78.5 Å². The Labute approximate surface area is 170 Å². The molecule has 2 fully saturated rings. The molecule has 1 aromatic carbocycles. The normalized spacial score (nSPS) is 19.0. The van der Waals surface area contributed by atoms with Crippen LogP contribution in [0.1, 0.15) is 44.9 Å². The fourth-order valence-electron chi connectivity index (χ4n) is 3.57. The van der Waals surface area contributed by atoms with Crippen molar-refractivity contribution < 1.29 is 13.2 Å². The summed E-state index contributed by atoms with van der Waals surface area (Å²) in [6.45, 7) is 1.06. The molecule has 9 heteroatoms. The fourth-order valence-corrected chi connectivity index (χ4v) is 5.49. The lowest BCUT2D eigenvalue weighted by molar-refractivity contribution is -0.124. The number of amides is 1. The first-order valence-electron chi connectivity index (χ1n) is 9.29. The van der Waals surface area contributed by atoms with E-state index in [9.17, 15) is 13.2 Å². The molecule has 1 saturated heterocycles. The van der Waals surface area contributed by atoms with E-state index < -0.39 is 10.0 Å². The van der Waals surface area contributed by atoms with Crippen LogP contribution in [0.3, 0.4) is 0 Å². The van der Waals surface area contributed by atoms with Crippen molar-refractivity contribution in [3.8, 4) is 0 Å². The van der Waals surface area contributed by atoms with Gasteiger partial charge in [-0.1, -0.05) is 30.9 Å². The van der Waals surface area contributed by atoms with Gasteiger partial charge >= 0.3 is 0 Å². The summed E-state index contributed by atoms with van der Waals surface area (Å²) in [5.74, 6) is -0.111. The first-order valence-corrected chi connectivity index (χ1v) is 11.5. The summed E-state index contributed by atoms with van der Waals surface area (Å²) in [5.41, 5.74) is 0.367. The third-order valence-corrected chi connectivity index (χ3v) is 7.53. The molecule has 2 aliphatic rings. The largest absolute Gasteiger partial charge is 0.331 e. The van der Waals surface area contributed by atoms with Gasteiger partial charge in [-0.25, -0.2) is 8.42 Å². The number of anilines is 1. The third kappa shape index (κ3) is 4.99. The summed E-state index contributed by atoms with van der Waals surface area (Å²) in [7, 11) is -3.55. The molecule has 27 heavy (non-hydrogen) atoms. The highest BCUT2D eigenvalue weighted by Crippen LogP contribution is 2.28. The van der Waals surface area contributed by atoms with Crippen LogP contribution in [0.2, 0.25) is 5.02 Å². The maximum atomic E-state index is 12.7. The van der Waals surface area contributed by atoms with Gasteiger partial charge in [0, 0.05) is 19.0 Å². The van der Waals surface area contributed by atoms with Gasteiger partial charge in [-0.3, -0.25) is 4.79 Å². The molecular formula is C18H24ClN3O3S2. The van der Waals surface area contributed by atoms with E-state index >= 15 is 0 Å². The SMILES string of the molecule is O=C(NC(=S)Nc1cc(S(=O)(=O)N2CCCC2)ccc1Cl)C1CCCCC1. The Morgan fingerprint density at radius 3 is 2.44 bits per heavy atom. The molecule has 1 amide bonds. The molecule has 0 radical (unpaired) electrons. The molecule has 0 aromatic heterocycles. The average molecular weight is 430 g/mol. The Kier molecular flexibility index (Phi) is 6.73. The van der Waals surface area contributed by atoms with Crippen molar-refractivity contribution in [1.82, 2.24) is 9.62 Å². The minimum Gasteiger partial charge on any atom is -0.331 e. The van der Waals surface area contributed by atoms with Gasteiger partial charge in [0.15, 0.2) is 5.11 Å². The summed E-state index contributed by atoms with van der Waals surface area (Å²) in [4.78, 5) is 12.5. The second kappa shape index (κ2) is 8.86. The van der Waals surface area contributed by atoms with Crippen molar-refractivity contribution in [1.29, 1.82) is 0 Å². The minimum absolute atomic E-state index is 0.0177. The van der Waals surface area contributed by atoms with Gasteiger partial charge in [0.2, 0.25) is 15.9 Å². The lowest BCUT2D eigenvalue weighted by Gasteiger charge is -2.21. The molecule has 0 spiro atoms. The number of hydrogen-bond donors (Lipinski definition) is 2. The number of nitrogens with zero attached hydrogens (tertiary/aromatic N) is 1. The van der Waals surface area contributed by atoms with Gasteiger partial charge in [-0.05, 0) is 56.1 Å². The average Bonchev–Trinajstić information content (AvgIpc) is 3.19. The number of hydrogen-bond acceptors (Lipinski definition) is 4. The van der Waals surface area contributed by atoms with Crippen molar-refractivity contribution >= 4 is 50.5 Å². The molecule has 3 rings (SSSR count). The van der Waals surface area contributed by atoms with Gasteiger partial charge < -0.3 is 10.6 Å². The lowest BCUT2D eigenvalue weighted by atomic mass is 9.89. The van der Waals surface area contributed by atoms with Crippen molar-refractivity contribution in [2.75, 3.05) is 18.4 Å². The van der Waals surface area contributed by atoms with Crippen LogP contribution in [0, 0.1) is 5.92 Å². The van der Waals surface area contributed by atoms with E-state index in [0.29, 0.717) is 23.8 Å². The van der Waals surface area contributed by atoms with E-state index in [1.54, 1.807) is 0 Å². The van der Waals surface area contributed by atoms with Gasteiger partial charge in [0.1, 0.15) is 0 Å². The van der Waals surface area contributed by atoms with Crippen LogP contribution in [-0.4, -0.2) is 36.8 Å². The van der Waals surface area contributed by atoms with Gasteiger partial charge in [-0.2, -0.15) is 4.31 Å². The fraction of sp³-hybridized carbons (Fsp3) is 0.556. The predicted molar refractivity (Wildman–Crippen MR) is 110 cm³/mol. The zero-order chi connectivity index (χ0) is 19.4. The van der Waals surface area contributed by atoms with E-state index in [1.807, 2.05) is 0 Å². The Bertz CT molecular complexity index is 817. The number of carbonyl (C=O) groups excluding carboxylic acids is 1. The monoisotopic (exact) mass is 429 g/mol. The second-order valence-corrected chi connectivity index (χ2v) is 9.78. The van der Waals surface area contributed by atoms with E-state index in [2.05, 4.69) is 10.6 Å². The van der Waals surface area contributed by atoms with Crippen LogP contribution in [0.15, 0.2) is 23.1 Å². The molecule has 148 valence electrons. The molecule has 2 N–H and O–H groups in total. The summed E-state index contributed by atoms with van der Waals surface area (Å²) in [5, 5.41) is 6.03. The summed E-state index contributed by atoms with van der Waals surface area (Å²) in [6.07, 6.45) is 6.77. The number of thiocarbonyl (C=S) groups is 1. The highest BCUT2D eigenvalue weighted by Gasteiger charge is 2.28. The number of sulfonamides is 1. The van der Waals surface area contributed by atoms with Crippen molar-refractivity contribution in [2.45, 2.75) is 49.8 Å². The highest BCUT2D eigenvalue weighted by atomic mass is 35.5. The molecule has 6 nitrogen and oxygen atoms in total. The zero-order valence-electron chi connectivity index (χ0n) is 15.0. The van der Waals surface area contributed by atoms with Crippen LogP contribution in [0.25, 0.3) is 0 Å². The minimum atomic E-state index is -3.55. The highest BCUT2D eigenvalue weighted by molar-refractivity contribution is 7.89. The molecule has 1 aromatic rings.